The SMILES string of the molecule is O=C1C[C@@H](C(=O)Nc2ccc(Oc3ccccc3)cc2)N=C(N2CCN(c3ccc(F)cc3)CC2)N1. The van der Waals surface area contributed by atoms with Crippen molar-refractivity contribution < 1.29 is 18.7 Å². The van der Waals surface area contributed by atoms with E-state index in [4.69, 9.17) is 4.74 Å². The van der Waals surface area contributed by atoms with Gasteiger partial charge in [0.15, 0.2) is 0 Å². The Morgan fingerprint density at radius 1 is 0.889 bits per heavy atom. The number of hydrogen-bond acceptors (Lipinski definition) is 6. The van der Waals surface area contributed by atoms with Crippen molar-refractivity contribution in [2.75, 3.05) is 36.4 Å². The Morgan fingerprint density at radius 2 is 1.53 bits per heavy atom. The summed E-state index contributed by atoms with van der Waals surface area (Å²) in [6.07, 6.45) is -0.0138. The molecule has 2 aliphatic heterocycles. The summed E-state index contributed by atoms with van der Waals surface area (Å²) in [5, 5.41) is 5.64. The first-order valence-electron chi connectivity index (χ1n) is 11.8. The minimum Gasteiger partial charge on any atom is -0.457 e. The number of hydrogen-bond donors (Lipinski definition) is 2. The molecule has 2 aliphatic rings. The highest BCUT2D eigenvalue weighted by molar-refractivity contribution is 6.06. The maximum Gasteiger partial charge on any atom is 0.249 e. The van der Waals surface area contributed by atoms with Crippen LogP contribution in [0.2, 0.25) is 0 Å². The van der Waals surface area contributed by atoms with Crippen LogP contribution in [0.1, 0.15) is 6.42 Å². The lowest BCUT2D eigenvalue weighted by atomic mass is 10.1. The zero-order valence-electron chi connectivity index (χ0n) is 19.6. The number of benzene rings is 3. The minimum atomic E-state index is -0.816. The number of guanidine groups is 1. The number of nitrogens with zero attached hydrogens (tertiary/aromatic N) is 3. The molecule has 0 bridgehead atoms. The van der Waals surface area contributed by atoms with Crippen molar-refractivity contribution in [2.45, 2.75) is 12.5 Å². The van der Waals surface area contributed by atoms with Gasteiger partial charge in [-0.25, -0.2) is 9.38 Å². The molecule has 0 saturated carbocycles. The van der Waals surface area contributed by atoms with Crippen molar-refractivity contribution in [3.63, 3.8) is 0 Å². The van der Waals surface area contributed by atoms with E-state index in [1.54, 1.807) is 36.4 Å². The van der Waals surface area contributed by atoms with Gasteiger partial charge in [0.2, 0.25) is 17.8 Å². The van der Waals surface area contributed by atoms with Crippen LogP contribution in [0.15, 0.2) is 83.9 Å². The summed E-state index contributed by atoms with van der Waals surface area (Å²) in [6.45, 7) is 2.62. The molecule has 36 heavy (non-hydrogen) atoms. The standard InChI is InChI=1S/C27H26FN5O3/c28-19-6-10-21(11-7-19)32-14-16-33(17-15-32)27-30-24(18-25(34)31-27)26(35)29-20-8-12-23(13-9-20)36-22-4-2-1-3-5-22/h1-13,24H,14-18H2,(H,29,35)(H,30,31,34)/t24-/m0/s1. The third kappa shape index (κ3) is 5.63. The van der Waals surface area contributed by atoms with Gasteiger partial charge in [-0.05, 0) is 60.7 Å². The first-order chi connectivity index (χ1) is 17.5. The number of halogens is 1. The molecule has 3 aromatic rings. The largest absolute Gasteiger partial charge is 0.457 e. The lowest BCUT2D eigenvalue weighted by Gasteiger charge is -2.38. The van der Waals surface area contributed by atoms with E-state index in [2.05, 4.69) is 20.5 Å². The van der Waals surface area contributed by atoms with Gasteiger partial charge in [-0.1, -0.05) is 18.2 Å². The molecule has 3 aromatic carbocycles. The fourth-order valence-electron chi connectivity index (χ4n) is 4.17. The predicted molar refractivity (Wildman–Crippen MR) is 136 cm³/mol. The van der Waals surface area contributed by atoms with Crippen LogP contribution in [-0.2, 0) is 9.59 Å². The molecule has 1 atom stereocenters. The fourth-order valence-corrected chi connectivity index (χ4v) is 4.17. The molecule has 0 radical (unpaired) electrons. The molecule has 9 heteroatoms. The van der Waals surface area contributed by atoms with E-state index in [1.807, 2.05) is 35.2 Å². The molecule has 0 aromatic heterocycles. The lowest BCUT2D eigenvalue weighted by molar-refractivity contribution is -0.125. The van der Waals surface area contributed by atoms with E-state index in [1.165, 1.54) is 12.1 Å². The molecule has 0 spiro atoms. The number of ether oxygens (including phenoxy) is 1. The van der Waals surface area contributed by atoms with Crippen molar-refractivity contribution in [3.05, 3.63) is 84.7 Å². The number of nitrogens with one attached hydrogen (secondary N) is 2. The monoisotopic (exact) mass is 487 g/mol. The van der Waals surface area contributed by atoms with Crippen molar-refractivity contribution >= 4 is 29.1 Å². The molecule has 1 fully saturated rings. The zero-order chi connectivity index (χ0) is 24.9. The molecular formula is C27H26FN5O3. The Morgan fingerprint density at radius 3 is 2.22 bits per heavy atom. The summed E-state index contributed by atoms with van der Waals surface area (Å²) in [5.74, 6) is 0.935. The van der Waals surface area contributed by atoms with Gasteiger partial charge in [0, 0.05) is 37.6 Å². The van der Waals surface area contributed by atoms with E-state index in [0.717, 1.165) is 11.4 Å². The highest BCUT2D eigenvalue weighted by atomic mass is 19.1. The average Bonchev–Trinajstić information content (AvgIpc) is 2.90. The first kappa shape index (κ1) is 23.3. The second kappa shape index (κ2) is 10.5. The van der Waals surface area contributed by atoms with Crippen molar-refractivity contribution in [3.8, 4) is 11.5 Å². The number of rotatable bonds is 5. The number of aliphatic imine (C=N–C) groups is 1. The van der Waals surface area contributed by atoms with Crippen LogP contribution in [0, 0.1) is 5.82 Å². The van der Waals surface area contributed by atoms with Crippen LogP contribution in [-0.4, -0.2) is 54.9 Å². The Labute approximate surface area is 208 Å². The normalized spacial score (nSPS) is 17.8. The second-order valence-corrected chi connectivity index (χ2v) is 8.60. The lowest BCUT2D eigenvalue weighted by Crippen LogP contribution is -2.56. The van der Waals surface area contributed by atoms with E-state index in [-0.39, 0.29) is 24.1 Å². The van der Waals surface area contributed by atoms with Gasteiger partial charge in [-0.3, -0.25) is 14.9 Å². The topological polar surface area (TPSA) is 86.3 Å². The second-order valence-electron chi connectivity index (χ2n) is 8.60. The maximum absolute atomic E-state index is 13.2. The molecule has 1 saturated heterocycles. The van der Waals surface area contributed by atoms with Crippen LogP contribution in [0.5, 0.6) is 11.5 Å². The van der Waals surface area contributed by atoms with Gasteiger partial charge < -0.3 is 19.9 Å². The van der Waals surface area contributed by atoms with Gasteiger partial charge in [-0.2, -0.15) is 0 Å². The van der Waals surface area contributed by atoms with E-state index >= 15 is 0 Å². The molecular weight excluding hydrogens is 461 g/mol. The Balaban J connectivity index is 1.19. The summed E-state index contributed by atoms with van der Waals surface area (Å²) in [6, 6.07) is 22.0. The van der Waals surface area contributed by atoms with Crippen LogP contribution in [0.25, 0.3) is 0 Å². The van der Waals surface area contributed by atoms with Gasteiger partial charge in [0.25, 0.3) is 0 Å². The quantitative estimate of drug-likeness (QED) is 0.574. The summed E-state index contributed by atoms with van der Waals surface area (Å²) in [7, 11) is 0. The van der Waals surface area contributed by atoms with Crippen LogP contribution < -0.4 is 20.3 Å². The molecule has 5 rings (SSSR count). The first-order valence-corrected chi connectivity index (χ1v) is 11.8. The summed E-state index contributed by atoms with van der Waals surface area (Å²) in [4.78, 5) is 33.9. The summed E-state index contributed by atoms with van der Waals surface area (Å²) in [5.41, 5.74) is 1.54. The third-order valence-electron chi connectivity index (χ3n) is 6.08. The minimum absolute atomic E-state index is 0.0138. The molecule has 184 valence electrons. The zero-order valence-corrected chi connectivity index (χ0v) is 19.6. The molecule has 2 N–H and O–H groups in total. The van der Waals surface area contributed by atoms with Crippen LogP contribution in [0.3, 0.4) is 0 Å². The van der Waals surface area contributed by atoms with Crippen LogP contribution in [0.4, 0.5) is 15.8 Å². The third-order valence-corrected chi connectivity index (χ3v) is 6.08. The molecule has 2 heterocycles. The maximum atomic E-state index is 13.2. The van der Waals surface area contributed by atoms with E-state index in [0.29, 0.717) is 43.6 Å². The summed E-state index contributed by atoms with van der Waals surface area (Å²) >= 11 is 0. The predicted octanol–water partition coefficient (Wildman–Crippen LogP) is 3.62. The van der Waals surface area contributed by atoms with Crippen LogP contribution >= 0.6 is 0 Å². The molecule has 8 nitrogen and oxygen atoms in total. The van der Waals surface area contributed by atoms with E-state index in [9.17, 15) is 14.0 Å². The number of amides is 2. The smallest absolute Gasteiger partial charge is 0.249 e. The summed E-state index contributed by atoms with van der Waals surface area (Å²) < 4.78 is 19.0. The number of anilines is 2. The number of carbonyl (C=O) groups excluding carboxylic acids is 2. The highest BCUT2D eigenvalue weighted by Crippen LogP contribution is 2.23. The highest BCUT2D eigenvalue weighted by Gasteiger charge is 2.30. The van der Waals surface area contributed by atoms with Crippen molar-refractivity contribution in [2.24, 2.45) is 4.99 Å². The van der Waals surface area contributed by atoms with Gasteiger partial charge >= 0.3 is 0 Å². The van der Waals surface area contributed by atoms with Gasteiger partial charge in [0.1, 0.15) is 23.4 Å². The fraction of sp³-hybridized carbons (Fsp3) is 0.222. The number of para-hydroxylation sites is 1. The van der Waals surface area contributed by atoms with Gasteiger partial charge in [0.05, 0.1) is 6.42 Å². The Kier molecular flexibility index (Phi) is 6.79. The van der Waals surface area contributed by atoms with Crippen molar-refractivity contribution in [1.82, 2.24) is 10.2 Å². The average molecular weight is 488 g/mol. The Bertz CT molecular complexity index is 1240. The molecule has 2 amide bonds. The molecule has 0 unspecified atom stereocenters. The van der Waals surface area contributed by atoms with Gasteiger partial charge in [-0.15, -0.1) is 0 Å². The Hall–Kier alpha value is -4.40. The number of piperazine rings is 1. The molecule has 0 aliphatic carbocycles. The van der Waals surface area contributed by atoms with E-state index < -0.39 is 6.04 Å². The van der Waals surface area contributed by atoms with Crippen molar-refractivity contribution in [1.29, 1.82) is 0 Å². The number of carbonyl (C=O) groups is 2.